The van der Waals surface area contributed by atoms with E-state index in [0.717, 1.165) is 49.9 Å². The molecule has 0 atom stereocenters. The van der Waals surface area contributed by atoms with E-state index >= 15 is 0 Å². The molecule has 0 fully saturated rings. The summed E-state index contributed by atoms with van der Waals surface area (Å²) in [6.07, 6.45) is -15.8. The molecule has 40 heteroatoms. The number of ether oxygens (including phenoxy) is 10. The number of hydrogen-bond donors (Lipinski definition) is 3. The molecule has 12 rings (SSSR count). The molecule has 582 valence electrons. The largest absolute Gasteiger partial charge is 0.573 e. The van der Waals surface area contributed by atoms with Gasteiger partial charge in [0.1, 0.15) is 58.2 Å². The van der Waals surface area contributed by atoms with E-state index in [2.05, 4.69) is 84.3 Å². The summed E-state index contributed by atoms with van der Waals surface area (Å²) in [7, 11) is 10.4. The second-order valence-electron chi connectivity index (χ2n) is 23.5. The van der Waals surface area contributed by atoms with Crippen molar-refractivity contribution < 1.29 is 100 Å². The third kappa shape index (κ3) is 19.4. The normalized spacial score (nSPS) is 11.8. The molecule has 28 nitrogen and oxygen atoms in total. The van der Waals surface area contributed by atoms with E-state index in [0.29, 0.717) is 108 Å². The number of nitrogens with zero attached hydrogens (tertiary/aromatic N) is 13. The SMILES string of the molecule is CCC(CC)Oc1nn(C)c2nc(-c3ccc(OC(F)(F)F)cc3OC)c(C)nc12.CCC(CC)Oc1nn(C)c2nc(-c3ccc(OC(F)(F)F)cc3OC)c(C)nc12.COc1cc(OC(F)(F)F)ccc1-c1nc2[nH][nH]c(=O)c2nc1C.COc1cc(OC(F)(F)F)ccc1-c1nc2c(nc1C)c(=O)[nH]n2C. The van der Waals surface area contributed by atoms with Crippen molar-refractivity contribution in [1.82, 2.24) is 79.4 Å². The topological polar surface area (TPSA) is 317 Å². The molecule has 12 aromatic rings. The number of alkyl halides is 12. The summed E-state index contributed by atoms with van der Waals surface area (Å²) in [4.78, 5) is 58.9. The van der Waals surface area contributed by atoms with Crippen molar-refractivity contribution >= 4 is 44.7 Å². The lowest BCUT2D eigenvalue weighted by atomic mass is 10.1. The quantitative estimate of drug-likeness (QED) is 0.0597. The highest BCUT2D eigenvalue weighted by Crippen LogP contribution is 2.42. The molecule has 109 heavy (non-hydrogen) atoms. The maximum atomic E-state index is 12.5. The number of nitrogens with one attached hydrogen (secondary N) is 3. The number of fused-ring (bicyclic) bond motifs is 4. The molecule has 0 aliphatic heterocycles. The minimum atomic E-state index is -4.80. The second-order valence-corrected chi connectivity index (χ2v) is 23.5. The lowest BCUT2D eigenvalue weighted by Gasteiger charge is -2.14. The van der Waals surface area contributed by atoms with Crippen LogP contribution in [0.25, 0.3) is 89.7 Å². The van der Waals surface area contributed by atoms with Crippen molar-refractivity contribution in [2.45, 2.75) is 119 Å². The predicted molar refractivity (Wildman–Crippen MR) is 370 cm³/mol. The molecule has 0 saturated heterocycles. The van der Waals surface area contributed by atoms with Crippen molar-refractivity contribution in [3.8, 4) is 103 Å². The smallest absolute Gasteiger partial charge is 0.496 e. The number of H-pyrrole nitrogens is 3. The van der Waals surface area contributed by atoms with Gasteiger partial charge in [0.15, 0.2) is 44.7 Å². The Morgan fingerprint density at radius 1 is 0.385 bits per heavy atom. The maximum Gasteiger partial charge on any atom is 0.573 e. The Kier molecular flexibility index (Phi) is 24.4. The lowest BCUT2D eigenvalue weighted by Crippen LogP contribution is -2.17. The van der Waals surface area contributed by atoms with Crippen LogP contribution in [0.5, 0.6) is 57.8 Å². The minimum absolute atomic E-state index is 0.0196. The molecule has 0 aliphatic carbocycles. The Balaban J connectivity index is 0.000000168. The second kappa shape index (κ2) is 32.9. The molecule has 0 bridgehead atoms. The number of aromatic nitrogens is 16. The van der Waals surface area contributed by atoms with Gasteiger partial charge in [-0.1, -0.05) is 27.7 Å². The average Bonchev–Trinajstić information content (AvgIpc) is 1.69. The lowest BCUT2D eigenvalue weighted by molar-refractivity contribution is -0.275. The molecule has 0 spiro atoms. The van der Waals surface area contributed by atoms with Crippen LogP contribution in [0.3, 0.4) is 0 Å². The van der Waals surface area contributed by atoms with E-state index in [1.54, 1.807) is 58.2 Å². The van der Waals surface area contributed by atoms with Crippen LogP contribution in [0.15, 0.2) is 82.4 Å². The zero-order valence-electron chi connectivity index (χ0n) is 60.7. The average molecular weight is 1540 g/mol. The highest BCUT2D eigenvalue weighted by Gasteiger charge is 2.35. The van der Waals surface area contributed by atoms with Gasteiger partial charge < -0.3 is 47.4 Å². The van der Waals surface area contributed by atoms with Crippen LogP contribution in [-0.2, 0) is 21.1 Å². The summed E-state index contributed by atoms with van der Waals surface area (Å²) < 4.78 is 202. The molecule has 0 radical (unpaired) electrons. The molecule has 8 heterocycles. The van der Waals surface area contributed by atoms with E-state index in [-0.39, 0.29) is 68.9 Å². The summed E-state index contributed by atoms with van der Waals surface area (Å²) >= 11 is 0. The van der Waals surface area contributed by atoms with E-state index in [1.165, 1.54) is 81.7 Å². The third-order valence-electron chi connectivity index (χ3n) is 16.1. The summed E-state index contributed by atoms with van der Waals surface area (Å²) in [5.41, 5.74) is 7.65. The fraction of sp³-hybridized carbons (Fsp3) is 0.362. The highest BCUT2D eigenvalue weighted by molar-refractivity contribution is 5.84. The Hall–Kier alpha value is -12.2. The first kappa shape index (κ1) is 80.9. The van der Waals surface area contributed by atoms with Gasteiger partial charge in [-0.2, -0.15) is 0 Å². The Bertz CT molecular complexity index is 5210. The molecule has 0 unspecified atom stereocenters. The number of aryl methyl sites for hydroxylation is 7. The first-order valence-electron chi connectivity index (χ1n) is 32.7. The van der Waals surface area contributed by atoms with Crippen molar-refractivity contribution in [1.29, 1.82) is 0 Å². The van der Waals surface area contributed by atoms with Gasteiger partial charge in [-0.3, -0.25) is 29.6 Å². The van der Waals surface area contributed by atoms with Gasteiger partial charge in [-0.25, -0.2) is 49.2 Å². The van der Waals surface area contributed by atoms with Gasteiger partial charge in [0.2, 0.25) is 0 Å². The highest BCUT2D eigenvalue weighted by atomic mass is 19.4. The summed E-state index contributed by atoms with van der Waals surface area (Å²) in [5, 5.41) is 16.3. The Morgan fingerprint density at radius 2 is 0.679 bits per heavy atom. The van der Waals surface area contributed by atoms with Crippen LogP contribution in [-0.4, -0.2) is 146 Å². The van der Waals surface area contributed by atoms with Crippen LogP contribution in [0.1, 0.15) is 76.2 Å². The minimum Gasteiger partial charge on any atom is -0.496 e. The fourth-order valence-corrected chi connectivity index (χ4v) is 11.0. The third-order valence-corrected chi connectivity index (χ3v) is 16.1. The van der Waals surface area contributed by atoms with E-state index < -0.39 is 42.5 Å². The number of methoxy groups -OCH3 is 4. The van der Waals surface area contributed by atoms with Gasteiger partial charge in [0.25, 0.3) is 22.9 Å². The molecule has 4 aromatic carbocycles. The number of rotatable bonds is 20. The van der Waals surface area contributed by atoms with Crippen LogP contribution in [0.4, 0.5) is 52.7 Å². The standard InChI is InChI=1S/2C20H23F3N4O3.C15H13F3N4O3.C14H11F3N4O3/c2*1-6-12(7-2)29-19-17-18(27(4)26-19)25-16(11(3)24-17)14-9-8-13(10-15(14)28-5)30-20(21,22)23;1-7-11(20-13-12(19-7)14(23)21-22(13)2)9-5-4-8(6-10(9)24-3)25-15(16,17)18;1-6-10(19-12-11(18-6)13(22)21-20-12)8-4-3-7(5-9(8)23-2)24-14(15,16)17/h2*8-10,12H,6-7H2,1-5H3;4-6H,1-3H3,(H,21,23);3-5H,1-2H3,(H2,19,20,21,22). The van der Waals surface area contributed by atoms with Gasteiger partial charge in [0, 0.05) is 67.7 Å². The van der Waals surface area contributed by atoms with Gasteiger partial charge in [0.05, 0.1) is 74.0 Å². The first-order chi connectivity index (χ1) is 51.3. The van der Waals surface area contributed by atoms with Crippen molar-refractivity contribution in [3.63, 3.8) is 0 Å². The van der Waals surface area contributed by atoms with Gasteiger partial charge in [-0.15, -0.1) is 62.9 Å². The number of halogens is 12. The molecule has 0 amide bonds. The van der Waals surface area contributed by atoms with Crippen molar-refractivity contribution in [2.24, 2.45) is 21.1 Å². The Labute approximate surface area is 609 Å². The first-order valence-corrected chi connectivity index (χ1v) is 32.7. The van der Waals surface area contributed by atoms with E-state index in [1.807, 2.05) is 27.7 Å². The van der Waals surface area contributed by atoms with Crippen LogP contribution < -0.4 is 58.5 Å². The molecular formula is C69H70F12N16O12. The van der Waals surface area contributed by atoms with Crippen molar-refractivity contribution in [3.05, 3.63) is 116 Å². The molecule has 8 aromatic heterocycles. The summed E-state index contributed by atoms with van der Waals surface area (Å²) in [6.45, 7) is 14.9. The van der Waals surface area contributed by atoms with Crippen LogP contribution >= 0.6 is 0 Å². The summed E-state index contributed by atoms with van der Waals surface area (Å²) in [6, 6.07) is 15.0. The van der Waals surface area contributed by atoms with E-state index in [4.69, 9.17) is 28.4 Å². The zero-order valence-corrected chi connectivity index (χ0v) is 60.7. The molecule has 3 N–H and O–H groups in total. The van der Waals surface area contributed by atoms with Gasteiger partial charge in [-0.05, 0) is 102 Å². The van der Waals surface area contributed by atoms with Crippen molar-refractivity contribution in [2.75, 3.05) is 28.4 Å². The van der Waals surface area contributed by atoms with Crippen LogP contribution in [0, 0.1) is 27.7 Å². The predicted octanol–water partition coefficient (Wildman–Crippen LogP) is 14.7. The van der Waals surface area contributed by atoms with Gasteiger partial charge >= 0.3 is 25.4 Å². The number of benzene rings is 4. The number of aromatic amines is 3. The monoisotopic (exact) mass is 1540 g/mol. The Morgan fingerprint density at radius 3 is 0.982 bits per heavy atom. The fourth-order valence-electron chi connectivity index (χ4n) is 11.0. The molecule has 0 saturated carbocycles. The zero-order chi connectivity index (χ0) is 79.9. The van der Waals surface area contributed by atoms with E-state index in [9.17, 15) is 62.3 Å². The van der Waals surface area contributed by atoms with Crippen LogP contribution in [0.2, 0.25) is 0 Å². The molecule has 0 aliphatic rings. The maximum absolute atomic E-state index is 12.5. The molecular weight excluding hydrogens is 1470 g/mol. The number of hydrogen-bond acceptors (Lipinski definition) is 22. The summed E-state index contributed by atoms with van der Waals surface area (Å²) in [5.74, 6) is -0.127.